The Morgan fingerprint density at radius 2 is 1.75 bits per heavy atom. The Bertz CT molecular complexity index is 334. The van der Waals surface area contributed by atoms with Crippen molar-refractivity contribution in [3.05, 3.63) is 35.4 Å². The molecular formula is C14H20O2. The van der Waals surface area contributed by atoms with Crippen LogP contribution in [0.3, 0.4) is 0 Å². The molecule has 2 heteroatoms. The first kappa shape index (κ1) is 11.6. The molecule has 0 saturated heterocycles. The van der Waals surface area contributed by atoms with Crippen molar-refractivity contribution in [1.29, 1.82) is 0 Å². The van der Waals surface area contributed by atoms with Gasteiger partial charge in [0.25, 0.3) is 0 Å². The van der Waals surface area contributed by atoms with Crippen LogP contribution in [0.25, 0.3) is 0 Å². The van der Waals surface area contributed by atoms with Crippen LogP contribution in [-0.2, 0) is 12.0 Å². The summed E-state index contributed by atoms with van der Waals surface area (Å²) in [5, 5.41) is 20.0. The summed E-state index contributed by atoms with van der Waals surface area (Å²) >= 11 is 0. The van der Waals surface area contributed by atoms with E-state index >= 15 is 0 Å². The van der Waals surface area contributed by atoms with E-state index in [9.17, 15) is 10.2 Å². The molecule has 0 heterocycles. The van der Waals surface area contributed by atoms with E-state index in [0.29, 0.717) is 25.7 Å². The van der Waals surface area contributed by atoms with Crippen molar-refractivity contribution in [3.63, 3.8) is 0 Å². The molecule has 0 amide bonds. The van der Waals surface area contributed by atoms with Crippen LogP contribution in [0.15, 0.2) is 24.3 Å². The third kappa shape index (κ3) is 2.28. The van der Waals surface area contributed by atoms with Gasteiger partial charge in [0.15, 0.2) is 0 Å². The van der Waals surface area contributed by atoms with Gasteiger partial charge in [-0.05, 0) is 43.2 Å². The highest BCUT2D eigenvalue weighted by Crippen LogP contribution is 2.37. The van der Waals surface area contributed by atoms with Crippen molar-refractivity contribution in [2.24, 2.45) is 0 Å². The molecule has 2 nitrogen and oxygen atoms in total. The summed E-state index contributed by atoms with van der Waals surface area (Å²) in [5.74, 6) is 0. The largest absolute Gasteiger partial charge is 0.393 e. The number of rotatable bonds is 2. The molecule has 1 aromatic carbocycles. The predicted octanol–water partition coefficient (Wildman–Crippen LogP) is 2.37. The van der Waals surface area contributed by atoms with Gasteiger partial charge in [-0.15, -0.1) is 0 Å². The zero-order valence-electron chi connectivity index (χ0n) is 9.82. The van der Waals surface area contributed by atoms with Crippen molar-refractivity contribution < 1.29 is 10.2 Å². The minimum absolute atomic E-state index is 0.227. The topological polar surface area (TPSA) is 40.5 Å². The first-order chi connectivity index (χ1) is 7.64. The maximum absolute atomic E-state index is 10.5. The lowest BCUT2D eigenvalue weighted by atomic mass is 9.78. The van der Waals surface area contributed by atoms with E-state index in [-0.39, 0.29) is 6.10 Å². The molecule has 1 aromatic rings. The SMILES string of the molecule is CCc1ccc(C2(O)CCC(O)CC2)cc1. The standard InChI is InChI=1S/C14H20O2/c1-2-11-3-5-12(6-4-11)14(16)9-7-13(15)8-10-14/h3-6,13,15-16H,2,7-10H2,1H3. The molecule has 0 spiro atoms. The number of aliphatic hydroxyl groups excluding tert-OH is 1. The number of hydrogen-bond acceptors (Lipinski definition) is 2. The average Bonchev–Trinajstić information content (AvgIpc) is 2.33. The first-order valence-electron chi connectivity index (χ1n) is 6.14. The smallest absolute Gasteiger partial charge is 0.0898 e. The number of aryl methyl sites for hydroxylation is 1. The summed E-state index contributed by atoms with van der Waals surface area (Å²) < 4.78 is 0. The van der Waals surface area contributed by atoms with Gasteiger partial charge in [-0.3, -0.25) is 0 Å². The Kier molecular flexibility index (Phi) is 3.31. The third-order valence-electron chi connectivity index (χ3n) is 3.68. The van der Waals surface area contributed by atoms with Gasteiger partial charge in [0.1, 0.15) is 0 Å². The molecule has 0 aromatic heterocycles. The molecule has 2 N–H and O–H groups in total. The molecule has 0 unspecified atom stereocenters. The highest BCUT2D eigenvalue weighted by Gasteiger charge is 2.33. The third-order valence-corrected chi connectivity index (χ3v) is 3.68. The van der Waals surface area contributed by atoms with Gasteiger partial charge in [0, 0.05) is 0 Å². The van der Waals surface area contributed by atoms with E-state index in [1.807, 2.05) is 12.1 Å². The van der Waals surface area contributed by atoms with Crippen molar-refractivity contribution in [3.8, 4) is 0 Å². The monoisotopic (exact) mass is 220 g/mol. The second-order valence-corrected chi connectivity index (χ2v) is 4.81. The van der Waals surface area contributed by atoms with Crippen LogP contribution in [0.5, 0.6) is 0 Å². The Labute approximate surface area is 96.9 Å². The Morgan fingerprint density at radius 3 is 2.25 bits per heavy atom. The second-order valence-electron chi connectivity index (χ2n) is 4.81. The summed E-state index contributed by atoms with van der Waals surface area (Å²) in [7, 11) is 0. The lowest BCUT2D eigenvalue weighted by Gasteiger charge is -2.34. The van der Waals surface area contributed by atoms with Gasteiger partial charge in [-0.2, -0.15) is 0 Å². The Morgan fingerprint density at radius 1 is 1.19 bits per heavy atom. The molecule has 2 rings (SSSR count). The van der Waals surface area contributed by atoms with Crippen LogP contribution in [0.4, 0.5) is 0 Å². The van der Waals surface area contributed by atoms with Gasteiger partial charge in [0.2, 0.25) is 0 Å². The van der Waals surface area contributed by atoms with Crippen LogP contribution < -0.4 is 0 Å². The molecule has 0 aliphatic heterocycles. The number of aliphatic hydroxyl groups is 2. The summed E-state index contributed by atoms with van der Waals surface area (Å²) in [6.45, 7) is 2.13. The predicted molar refractivity (Wildman–Crippen MR) is 64.2 cm³/mol. The fraction of sp³-hybridized carbons (Fsp3) is 0.571. The van der Waals surface area contributed by atoms with Crippen LogP contribution in [0.1, 0.15) is 43.7 Å². The lowest BCUT2D eigenvalue weighted by molar-refractivity contribution is -0.0361. The van der Waals surface area contributed by atoms with Crippen LogP contribution in [-0.4, -0.2) is 16.3 Å². The summed E-state index contributed by atoms with van der Waals surface area (Å²) in [4.78, 5) is 0. The lowest BCUT2D eigenvalue weighted by Crippen LogP contribution is -2.33. The molecule has 1 aliphatic rings. The Balaban J connectivity index is 2.16. The second kappa shape index (κ2) is 4.56. The molecule has 0 radical (unpaired) electrons. The van der Waals surface area contributed by atoms with Crippen molar-refractivity contribution in [2.45, 2.75) is 50.7 Å². The molecule has 0 bridgehead atoms. The minimum Gasteiger partial charge on any atom is -0.393 e. The van der Waals surface area contributed by atoms with Crippen LogP contribution >= 0.6 is 0 Å². The van der Waals surface area contributed by atoms with Crippen molar-refractivity contribution in [1.82, 2.24) is 0 Å². The van der Waals surface area contributed by atoms with Gasteiger partial charge < -0.3 is 10.2 Å². The van der Waals surface area contributed by atoms with E-state index in [2.05, 4.69) is 19.1 Å². The molecule has 1 fully saturated rings. The molecular weight excluding hydrogens is 200 g/mol. The molecule has 0 atom stereocenters. The van der Waals surface area contributed by atoms with E-state index in [1.54, 1.807) is 0 Å². The maximum atomic E-state index is 10.5. The van der Waals surface area contributed by atoms with Crippen LogP contribution in [0, 0.1) is 0 Å². The zero-order valence-corrected chi connectivity index (χ0v) is 9.82. The average molecular weight is 220 g/mol. The van der Waals surface area contributed by atoms with Gasteiger partial charge in [-0.1, -0.05) is 31.2 Å². The van der Waals surface area contributed by atoms with Gasteiger partial charge in [0.05, 0.1) is 11.7 Å². The zero-order chi connectivity index (χ0) is 11.6. The van der Waals surface area contributed by atoms with Gasteiger partial charge >= 0.3 is 0 Å². The molecule has 88 valence electrons. The van der Waals surface area contributed by atoms with E-state index in [4.69, 9.17) is 0 Å². The normalized spacial score (nSPS) is 30.3. The highest BCUT2D eigenvalue weighted by atomic mass is 16.3. The molecule has 1 saturated carbocycles. The maximum Gasteiger partial charge on any atom is 0.0898 e. The Hall–Kier alpha value is -0.860. The van der Waals surface area contributed by atoms with Crippen molar-refractivity contribution >= 4 is 0 Å². The molecule has 16 heavy (non-hydrogen) atoms. The minimum atomic E-state index is -0.717. The van der Waals surface area contributed by atoms with Crippen molar-refractivity contribution in [2.75, 3.05) is 0 Å². The summed E-state index contributed by atoms with van der Waals surface area (Å²) in [5.41, 5.74) is 1.57. The number of benzene rings is 1. The van der Waals surface area contributed by atoms with E-state index in [1.165, 1.54) is 5.56 Å². The van der Waals surface area contributed by atoms with E-state index in [0.717, 1.165) is 12.0 Å². The molecule has 1 aliphatic carbocycles. The van der Waals surface area contributed by atoms with Gasteiger partial charge in [-0.25, -0.2) is 0 Å². The fourth-order valence-corrected chi connectivity index (χ4v) is 2.42. The number of hydrogen-bond donors (Lipinski definition) is 2. The fourth-order valence-electron chi connectivity index (χ4n) is 2.42. The summed E-state index contributed by atoms with van der Waals surface area (Å²) in [6.07, 6.45) is 3.53. The van der Waals surface area contributed by atoms with E-state index < -0.39 is 5.60 Å². The van der Waals surface area contributed by atoms with Crippen LogP contribution in [0.2, 0.25) is 0 Å². The highest BCUT2D eigenvalue weighted by molar-refractivity contribution is 5.27. The summed E-state index contributed by atoms with van der Waals surface area (Å²) in [6, 6.07) is 8.21. The first-order valence-corrected chi connectivity index (χ1v) is 6.14. The quantitative estimate of drug-likeness (QED) is 0.803.